The number of fused-ring (bicyclic) bond motifs is 1. The molecule has 138 valence electrons. The lowest BCUT2D eigenvalue weighted by Crippen LogP contribution is -2.39. The lowest BCUT2D eigenvalue weighted by atomic mass is 9.97. The highest BCUT2D eigenvalue weighted by Crippen LogP contribution is 2.27. The maximum absolute atomic E-state index is 13.0. The van der Waals surface area contributed by atoms with Crippen LogP contribution < -0.4 is 0 Å². The van der Waals surface area contributed by atoms with Crippen LogP contribution in [0.4, 0.5) is 0 Å². The van der Waals surface area contributed by atoms with Crippen molar-refractivity contribution in [3.8, 4) is 0 Å². The van der Waals surface area contributed by atoms with E-state index in [2.05, 4.69) is 29.1 Å². The highest BCUT2D eigenvalue weighted by Gasteiger charge is 2.30. The van der Waals surface area contributed by atoms with Gasteiger partial charge >= 0.3 is 0 Å². The van der Waals surface area contributed by atoms with E-state index in [0.717, 1.165) is 37.3 Å². The molecule has 0 spiro atoms. The number of carbonyl (C=O) groups is 1. The van der Waals surface area contributed by atoms with Crippen molar-refractivity contribution >= 4 is 11.6 Å². The molecule has 0 N–H and O–H groups in total. The molecule has 1 amide bonds. The van der Waals surface area contributed by atoms with E-state index in [4.69, 9.17) is 4.52 Å². The predicted molar refractivity (Wildman–Crippen MR) is 94.9 cm³/mol. The van der Waals surface area contributed by atoms with Crippen molar-refractivity contribution in [2.75, 3.05) is 13.1 Å². The Morgan fingerprint density at radius 2 is 2.23 bits per heavy atom. The second-order valence-electron chi connectivity index (χ2n) is 7.47. The predicted octanol–water partition coefficient (Wildman–Crippen LogP) is 2.27. The van der Waals surface area contributed by atoms with Crippen LogP contribution in [-0.4, -0.2) is 48.2 Å². The Hall–Kier alpha value is -2.64. The second kappa shape index (κ2) is 6.59. The Balaban J connectivity index is 1.52. The molecule has 0 saturated carbocycles. The number of imidazole rings is 1. The highest BCUT2D eigenvalue weighted by atomic mass is 16.5. The number of carbonyl (C=O) groups excluding carboxylic acids is 1. The summed E-state index contributed by atoms with van der Waals surface area (Å²) in [6.07, 6.45) is 8.08. The third kappa shape index (κ3) is 3.00. The van der Waals surface area contributed by atoms with Gasteiger partial charge in [-0.3, -0.25) is 4.79 Å². The van der Waals surface area contributed by atoms with Crippen LogP contribution in [0.2, 0.25) is 0 Å². The van der Waals surface area contributed by atoms with Crippen LogP contribution in [0.3, 0.4) is 0 Å². The fourth-order valence-electron chi connectivity index (χ4n) is 3.62. The molecule has 0 aromatic carbocycles. The second-order valence-corrected chi connectivity index (χ2v) is 7.47. The SMILES string of the molecule is CC(C)Cc1noc([C@H]2CCCN(C(=O)c3cnn4ccn(C)c34)C2)n1. The first-order valence-corrected chi connectivity index (χ1v) is 9.13. The van der Waals surface area contributed by atoms with E-state index in [1.807, 2.05) is 28.9 Å². The molecule has 1 fully saturated rings. The maximum Gasteiger partial charge on any atom is 0.259 e. The molecule has 1 saturated heterocycles. The van der Waals surface area contributed by atoms with E-state index in [9.17, 15) is 4.79 Å². The molecule has 1 aliphatic heterocycles. The fourth-order valence-corrected chi connectivity index (χ4v) is 3.62. The van der Waals surface area contributed by atoms with E-state index >= 15 is 0 Å². The van der Waals surface area contributed by atoms with Crippen LogP contribution >= 0.6 is 0 Å². The molecule has 3 aromatic rings. The van der Waals surface area contributed by atoms with Gasteiger partial charge < -0.3 is 14.0 Å². The third-order valence-corrected chi connectivity index (χ3v) is 4.90. The molecule has 0 bridgehead atoms. The topological polar surface area (TPSA) is 81.5 Å². The molecule has 4 rings (SSSR count). The van der Waals surface area contributed by atoms with Crippen LogP contribution in [-0.2, 0) is 13.5 Å². The van der Waals surface area contributed by atoms with Gasteiger partial charge in [-0.2, -0.15) is 10.1 Å². The number of nitrogens with zero attached hydrogens (tertiary/aromatic N) is 6. The van der Waals surface area contributed by atoms with Gasteiger partial charge in [0.05, 0.1) is 12.1 Å². The van der Waals surface area contributed by atoms with Gasteiger partial charge in [-0.15, -0.1) is 0 Å². The molecule has 0 aliphatic carbocycles. The molecular formula is C18H24N6O2. The number of piperidine rings is 1. The summed E-state index contributed by atoms with van der Waals surface area (Å²) in [5.41, 5.74) is 1.44. The van der Waals surface area contributed by atoms with Crippen LogP contribution in [0.25, 0.3) is 5.65 Å². The molecular weight excluding hydrogens is 332 g/mol. The van der Waals surface area contributed by atoms with Crippen molar-refractivity contribution in [1.82, 2.24) is 29.2 Å². The van der Waals surface area contributed by atoms with E-state index in [0.29, 0.717) is 23.9 Å². The zero-order valence-corrected chi connectivity index (χ0v) is 15.4. The van der Waals surface area contributed by atoms with Crippen molar-refractivity contribution in [1.29, 1.82) is 0 Å². The Morgan fingerprint density at radius 1 is 1.38 bits per heavy atom. The normalized spacial score (nSPS) is 18.2. The Labute approximate surface area is 151 Å². The van der Waals surface area contributed by atoms with Crippen molar-refractivity contribution in [2.45, 2.75) is 39.0 Å². The standard InChI is InChI=1S/C18H24N6O2/c1-12(2)9-15-20-16(26-21-15)13-5-4-6-23(11-13)18(25)14-10-19-24-8-7-22(3)17(14)24/h7-8,10,12-13H,4-6,9,11H2,1-3H3/t13-/m0/s1. The van der Waals surface area contributed by atoms with Crippen LogP contribution in [0, 0.1) is 5.92 Å². The molecule has 26 heavy (non-hydrogen) atoms. The minimum absolute atomic E-state index is 0.00780. The average molecular weight is 356 g/mol. The largest absolute Gasteiger partial charge is 0.339 e. The number of hydrogen-bond acceptors (Lipinski definition) is 5. The van der Waals surface area contributed by atoms with E-state index < -0.39 is 0 Å². The number of rotatable bonds is 4. The molecule has 3 aromatic heterocycles. The number of aromatic nitrogens is 5. The van der Waals surface area contributed by atoms with E-state index in [1.165, 1.54) is 0 Å². The Kier molecular flexibility index (Phi) is 4.26. The first-order chi connectivity index (χ1) is 12.5. The molecule has 4 heterocycles. The van der Waals surface area contributed by atoms with E-state index in [-0.39, 0.29) is 11.8 Å². The number of hydrogen-bond donors (Lipinski definition) is 0. The molecule has 8 heteroatoms. The first-order valence-electron chi connectivity index (χ1n) is 9.13. The van der Waals surface area contributed by atoms with Crippen LogP contribution in [0.1, 0.15) is 54.7 Å². The van der Waals surface area contributed by atoms with Crippen molar-refractivity contribution in [2.24, 2.45) is 13.0 Å². The number of likely N-dealkylation sites (tertiary alicyclic amines) is 1. The minimum Gasteiger partial charge on any atom is -0.339 e. The van der Waals surface area contributed by atoms with Crippen LogP contribution in [0.5, 0.6) is 0 Å². The lowest BCUT2D eigenvalue weighted by Gasteiger charge is -2.30. The van der Waals surface area contributed by atoms with Gasteiger partial charge in [0, 0.05) is 39.0 Å². The van der Waals surface area contributed by atoms with Gasteiger partial charge in [0.15, 0.2) is 5.82 Å². The third-order valence-electron chi connectivity index (χ3n) is 4.90. The molecule has 1 aliphatic rings. The molecule has 8 nitrogen and oxygen atoms in total. The van der Waals surface area contributed by atoms with Crippen molar-refractivity contribution < 1.29 is 9.32 Å². The monoisotopic (exact) mass is 356 g/mol. The summed E-state index contributed by atoms with van der Waals surface area (Å²) in [4.78, 5) is 19.5. The summed E-state index contributed by atoms with van der Waals surface area (Å²) < 4.78 is 9.12. The first kappa shape index (κ1) is 16.8. The summed E-state index contributed by atoms with van der Waals surface area (Å²) in [6.45, 7) is 5.61. The summed E-state index contributed by atoms with van der Waals surface area (Å²) in [5, 5.41) is 8.36. The quantitative estimate of drug-likeness (QED) is 0.716. The Bertz CT molecular complexity index is 921. The van der Waals surface area contributed by atoms with Crippen molar-refractivity contribution in [3.05, 3.63) is 35.9 Å². The van der Waals surface area contributed by atoms with Gasteiger partial charge in [-0.1, -0.05) is 19.0 Å². The minimum atomic E-state index is 0.00780. The zero-order chi connectivity index (χ0) is 18.3. The average Bonchev–Trinajstić information content (AvgIpc) is 3.32. The van der Waals surface area contributed by atoms with E-state index in [1.54, 1.807) is 10.7 Å². The summed E-state index contributed by atoms with van der Waals surface area (Å²) in [6, 6.07) is 0. The maximum atomic E-state index is 13.0. The molecule has 0 radical (unpaired) electrons. The zero-order valence-electron chi connectivity index (χ0n) is 15.4. The molecule has 0 unspecified atom stereocenters. The number of amides is 1. The van der Waals surface area contributed by atoms with Gasteiger partial charge in [0.25, 0.3) is 5.91 Å². The smallest absolute Gasteiger partial charge is 0.259 e. The van der Waals surface area contributed by atoms with Gasteiger partial charge in [0.1, 0.15) is 11.2 Å². The van der Waals surface area contributed by atoms with Crippen molar-refractivity contribution in [3.63, 3.8) is 0 Å². The number of aryl methyl sites for hydroxylation is 1. The fraction of sp³-hybridized carbons (Fsp3) is 0.556. The lowest BCUT2D eigenvalue weighted by molar-refractivity contribution is 0.0697. The summed E-state index contributed by atoms with van der Waals surface area (Å²) in [5.74, 6) is 1.99. The molecule has 1 atom stereocenters. The van der Waals surface area contributed by atoms with Gasteiger partial charge in [0.2, 0.25) is 5.89 Å². The summed E-state index contributed by atoms with van der Waals surface area (Å²) in [7, 11) is 1.92. The van der Waals surface area contributed by atoms with Gasteiger partial charge in [-0.05, 0) is 18.8 Å². The summed E-state index contributed by atoms with van der Waals surface area (Å²) >= 11 is 0. The Morgan fingerprint density at radius 3 is 3.04 bits per heavy atom. The van der Waals surface area contributed by atoms with Crippen LogP contribution in [0.15, 0.2) is 23.1 Å². The van der Waals surface area contributed by atoms with Gasteiger partial charge in [-0.25, -0.2) is 4.52 Å². The highest BCUT2D eigenvalue weighted by molar-refractivity contribution is 5.99.